The predicted molar refractivity (Wildman–Crippen MR) is 77.4 cm³/mol. The van der Waals surface area contributed by atoms with Crippen molar-refractivity contribution in [1.82, 2.24) is 0 Å². The van der Waals surface area contributed by atoms with Crippen LogP contribution in [0, 0.1) is 6.92 Å². The van der Waals surface area contributed by atoms with Crippen LogP contribution in [0.15, 0.2) is 27.4 Å². The van der Waals surface area contributed by atoms with E-state index in [1.54, 1.807) is 20.1 Å². The number of carbonyl (C=O) groups excluding carboxylic acids is 1. The lowest BCUT2D eigenvalue weighted by Gasteiger charge is -2.07. The largest absolute Gasteiger partial charge is 0.497 e. The molecule has 0 bridgehead atoms. The molecule has 0 amide bonds. The standard InChI is InChI=1S/C16H18O4/c1-10-7-13(19-3)9-15-16(10)14(18)8-12(20-15)6-4-5-11(2)17/h7-9H,4-6H2,1-3H3. The number of benzene rings is 1. The highest BCUT2D eigenvalue weighted by Gasteiger charge is 2.09. The first-order valence-electron chi connectivity index (χ1n) is 6.62. The van der Waals surface area contributed by atoms with Gasteiger partial charge in [0.2, 0.25) is 0 Å². The monoisotopic (exact) mass is 274 g/mol. The Labute approximate surface area is 117 Å². The van der Waals surface area contributed by atoms with Crippen molar-refractivity contribution < 1.29 is 13.9 Å². The highest BCUT2D eigenvalue weighted by Crippen LogP contribution is 2.23. The maximum Gasteiger partial charge on any atom is 0.193 e. The van der Waals surface area contributed by atoms with Gasteiger partial charge in [0.15, 0.2) is 5.43 Å². The van der Waals surface area contributed by atoms with Gasteiger partial charge in [-0.15, -0.1) is 0 Å². The Balaban J connectivity index is 2.40. The zero-order valence-electron chi connectivity index (χ0n) is 12.0. The number of carbonyl (C=O) groups is 1. The average molecular weight is 274 g/mol. The van der Waals surface area contributed by atoms with Gasteiger partial charge in [-0.1, -0.05) is 0 Å². The quantitative estimate of drug-likeness (QED) is 0.841. The van der Waals surface area contributed by atoms with E-state index in [2.05, 4.69) is 0 Å². The molecular weight excluding hydrogens is 256 g/mol. The Hall–Kier alpha value is -2.10. The summed E-state index contributed by atoms with van der Waals surface area (Å²) >= 11 is 0. The number of methoxy groups -OCH3 is 1. The maximum absolute atomic E-state index is 12.1. The fourth-order valence-electron chi connectivity index (χ4n) is 2.26. The predicted octanol–water partition coefficient (Wildman–Crippen LogP) is 3.02. The van der Waals surface area contributed by atoms with Crippen molar-refractivity contribution in [1.29, 1.82) is 0 Å². The molecule has 106 valence electrons. The molecule has 2 aromatic rings. The van der Waals surface area contributed by atoms with Crippen molar-refractivity contribution in [3.63, 3.8) is 0 Å². The lowest BCUT2D eigenvalue weighted by molar-refractivity contribution is -0.117. The van der Waals surface area contributed by atoms with Crippen LogP contribution in [0.4, 0.5) is 0 Å². The number of ether oxygens (including phenoxy) is 1. The number of hydrogen-bond acceptors (Lipinski definition) is 4. The molecule has 0 unspecified atom stereocenters. The summed E-state index contributed by atoms with van der Waals surface area (Å²) in [6, 6.07) is 5.05. The van der Waals surface area contributed by atoms with Crippen LogP contribution in [-0.2, 0) is 11.2 Å². The molecule has 4 heteroatoms. The minimum Gasteiger partial charge on any atom is -0.497 e. The molecule has 4 nitrogen and oxygen atoms in total. The number of ketones is 1. The Bertz CT molecular complexity index is 697. The molecule has 1 aromatic heterocycles. The number of fused-ring (bicyclic) bond motifs is 1. The van der Waals surface area contributed by atoms with Crippen molar-refractivity contribution in [2.45, 2.75) is 33.1 Å². The average Bonchev–Trinajstić information content (AvgIpc) is 2.37. The highest BCUT2D eigenvalue weighted by atomic mass is 16.5. The Morgan fingerprint density at radius 3 is 2.70 bits per heavy atom. The molecule has 0 radical (unpaired) electrons. The second kappa shape index (κ2) is 5.90. The molecule has 2 rings (SSSR count). The molecule has 0 fully saturated rings. The summed E-state index contributed by atoms with van der Waals surface area (Å²) in [5.74, 6) is 1.42. The molecule has 0 spiro atoms. The topological polar surface area (TPSA) is 56.5 Å². The van der Waals surface area contributed by atoms with Crippen molar-refractivity contribution >= 4 is 16.8 Å². The van der Waals surface area contributed by atoms with Gasteiger partial charge in [-0.3, -0.25) is 4.79 Å². The molecule has 0 aliphatic rings. The van der Waals surface area contributed by atoms with E-state index in [9.17, 15) is 9.59 Å². The van der Waals surface area contributed by atoms with E-state index in [0.717, 1.165) is 5.56 Å². The smallest absolute Gasteiger partial charge is 0.193 e. The van der Waals surface area contributed by atoms with Crippen LogP contribution in [0.3, 0.4) is 0 Å². The lowest BCUT2D eigenvalue weighted by Crippen LogP contribution is -2.05. The summed E-state index contributed by atoms with van der Waals surface area (Å²) in [7, 11) is 1.58. The van der Waals surface area contributed by atoms with Gasteiger partial charge >= 0.3 is 0 Å². The molecule has 0 atom stereocenters. The van der Waals surface area contributed by atoms with Gasteiger partial charge in [-0.05, 0) is 31.9 Å². The molecule has 0 N–H and O–H groups in total. The summed E-state index contributed by atoms with van der Waals surface area (Å²) in [5, 5.41) is 0.584. The van der Waals surface area contributed by atoms with Crippen LogP contribution >= 0.6 is 0 Å². The van der Waals surface area contributed by atoms with Gasteiger partial charge in [0.25, 0.3) is 0 Å². The third kappa shape index (κ3) is 3.07. The lowest BCUT2D eigenvalue weighted by atomic mass is 10.1. The van der Waals surface area contributed by atoms with E-state index in [4.69, 9.17) is 9.15 Å². The van der Waals surface area contributed by atoms with Crippen molar-refractivity contribution in [3.8, 4) is 5.75 Å². The SMILES string of the molecule is COc1cc(C)c2c(=O)cc(CCCC(C)=O)oc2c1. The number of rotatable bonds is 5. The van der Waals surface area contributed by atoms with Crippen LogP contribution in [0.25, 0.3) is 11.0 Å². The van der Waals surface area contributed by atoms with Crippen LogP contribution in [0.1, 0.15) is 31.1 Å². The fourth-order valence-corrected chi connectivity index (χ4v) is 2.26. The van der Waals surface area contributed by atoms with Gasteiger partial charge in [0.1, 0.15) is 22.9 Å². The maximum atomic E-state index is 12.1. The summed E-state index contributed by atoms with van der Waals surface area (Å²) in [4.78, 5) is 23.1. The Kier molecular flexibility index (Phi) is 4.23. The van der Waals surface area contributed by atoms with Crippen LogP contribution in [-0.4, -0.2) is 12.9 Å². The van der Waals surface area contributed by atoms with Crippen molar-refractivity contribution in [2.75, 3.05) is 7.11 Å². The molecule has 0 saturated carbocycles. The summed E-state index contributed by atoms with van der Waals surface area (Å²) in [5.41, 5.74) is 1.32. The second-order valence-corrected chi connectivity index (χ2v) is 4.95. The first-order chi connectivity index (χ1) is 9.51. The number of hydrogen-bond donors (Lipinski definition) is 0. The van der Waals surface area contributed by atoms with Gasteiger partial charge < -0.3 is 13.9 Å². The Morgan fingerprint density at radius 2 is 2.05 bits per heavy atom. The zero-order valence-corrected chi connectivity index (χ0v) is 12.0. The van der Waals surface area contributed by atoms with Gasteiger partial charge in [0.05, 0.1) is 12.5 Å². The molecule has 1 heterocycles. The second-order valence-electron chi connectivity index (χ2n) is 4.95. The molecular formula is C16H18O4. The summed E-state index contributed by atoms with van der Waals surface area (Å²) < 4.78 is 10.9. The normalized spacial score (nSPS) is 10.8. The van der Waals surface area contributed by atoms with E-state index >= 15 is 0 Å². The minimum absolute atomic E-state index is 0.0516. The molecule has 0 aliphatic carbocycles. The van der Waals surface area contributed by atoms with Gasteiger partial charge in [0, 0.05) is 25.0 Å². The van der Waals surface area contributed by atoms with E-state index in [0.29, 0.717) is 41.7 Å². The summed E-state index contributed by atoms with van der Waals surface area (Å²) in [6.45, 7) is 3.42. The van der Waals surface area contributed by atoms with Crippen LogP contribution < -0.4 is 10.2 Å². The van der Waals surface area contributed by atoms with Crippen LogP contribution in [0.5, 0.6) is 5.75 Å². The molecule has 0 saturated heterocycles. The first-order valence-corrected chi connectivity index (χ1v) is 6.62. The number of aryl methyl sites for hydroxylation is 2. The third-order valence-electron chi connectivity index (χ3n) is 3.24. The molecule has 1 aromatic carbocycles. The summed E-state index contributed by atoms with van der Waals surface area (Å²) in [6.07, 6.45) is 1.77. The van der Waals surface area contributed by atoms with E-state index in [-0.39, 0.29) is 11.2 Å². The van der Waals surface area contributed by atoms with Crippen molar-refractivity contribution in [2.24, 2.45) is 0 Å². The van der Waals surface area contributed by atoms with Gasteiger partial charge in [-0.2, -0.15) is 0 Å². The van der Waals surface area contributed by atoms with E-state index < -0.39 is 0 Å². The number of Topliss-reactive ketones (excluding diaryl/α,β-unsaturated/α-hetero) is 1. The van der Waals surface area contributed by atoms with E-state index in [1.807, 2.05) is 13.0 Å². The molecule has 0 aliphatic heterocycles. The minimum atomic E-state index is -0.0516. The first kappa shape index (κ1) is 14.3. The zero-order chi connectivity index (χ0) is 14.7. The van der Waals surface area contributed by atoms with E-state index in [1.165, 1.54) is 6.07 Å². The molecule has 20 heavy (non-hydrogen) atoms. The fraction of sp³-hybridized carbons (Fsp3) is 0.375. The van der Waals surface area contributed by atoms with Crippen molar-refractivity contribution in [3.05, 3.63) is 39.7 Å². The highest BCUT2D eigenvalue weighted by molar-refractivity contribution is 5.81. The Morgan fingerprint density at radius 1 is 1.30 bits per heavy atom. The van der Waals surface area contributed by atoms with Crippen LogP contribution in [0.2, 0.25) is 0 Å². The third-order valence-corrected chi connectivity index (χ3v) is 3.24. The van der Waals surface area contributed by atoms with Gasteiger partial charge in [-0.25, -0.2) is 0 Å².